The molecule has 2 aromatic rings. The number of hydrogen-bond acceptors (Lipinski definition) is 5. The molecule has 0 fully saturated rings. The van der Waals surface area contributed by atoms with Crippen molar-refractivity contribution in [1.29, 1.82) is 0 Å². The molecule has 0 saturated carbocycles. The summed E-state index contributed by atoms with van der Waals surface area (Å²) in [6, 6.07) is 6.07. The maximum atomic E-state index is 12.3. The summed E-state index contributed by atoms with van der Waals surface area (Å²) in [6.07, 6.45) is 0.917. The van der Waals surface area contributed by atoms with Crippen molar-refractivity contribution < 1.29 is 19.1 Å². The largest absolute Gasteiger partial charge is 0.493 e. The minimum absolute atomic E-state index is 0.133. The van der Waals surface area contributed by atoms with Crippen molar-refractivity contribution in [1.82, 2.24) is 0 Å². The Bertz CT molecular complexity index is 826. The van der Waals surface area contributed by atoms with Crippen molar-refractivity contribution in [2.75, 3.05) is 18.5 Å². The van der Waals surface area contributed by atoms with Crippen LogP contribution < -0.4 is 10.1 Å². The Kier molecular flexibility index (Phi) is 7.42. The van der Waals surface area contributed by atoms with Crippen LogP contribution in [-0.2, 0) is 9.53 Å². The van der Waals surface area contributed by atoms with Gasteiger partial charge in [-0.3, -0.25) is 4.79 Å². The van der Waals surface area contributed by atoms with Gasteiger partial charge in [0.05, 0.1) is 18.8 Å². The summed E-state index contributed by atoms with van der Waals surface area (Å²) < 4.78 is 10.9. The number of hydrogen-bond donors (Lipinski definition) is 1. The van der Waals surface area contributed by atoms with E-state index in [0.29, 0.717) is 36.6 Å². The van der Waals surface area contributed by atoms with Crippen LogP contribution >= 0.6 is 11.3 Å². The highest BCUT2D eigenvalue weighted by atomic mass is 32.1. The van der Waals surface area contributed by atoms with Gasteiger partial charge in [0.2, 0.25) is 5.91 Å². The second-order valence-corrected chi connectivity index (χ2v) is 7.70. The molecule has 0 unspecified atom stereocenters. The molecule has 5 nitrogen and oxygen atoms in total. The van der Waals surface area contributed by atoms with Crippen molar-refractivity contribution in [2.45, 2.75) is 47.5 Å². The first-order valence-corrected chi connectivity index (χ1v) is 9.92. The number of amides is 1. The molecule has 0 aliphatic carbocycles. The first-order valence-electron chi connectivity index (χ1n) is 9.10. The van der Waals surface area contributed by atoms with Gasteiger partial charge < -0.3 is 14.8 Å². The molecule has 1 aromatic heterocycles. The molecular formula is C21H27NO4S. The maximum Gasteiger partial charge on any atom is 0.341 e. The lowest BCUT2D eigenvalue weighted by Gasteiger charge is -2.10. The van der Waals surface area contributed by atoms with Crippen LogP contribution in [0.3, 0.4) is 0 Å². The van der Waals surface area contributed by atoms with Gasteiger partial charge in [-0.25, -0.2) is 4.79 Å². The van der Waals surface area contributed by atoms with E-state index in [1.54, 1.807) is 6.92 Å². The van der Waals surface area contributed by atoms with E-state index in [4.69, 9.17) is 9.47 Å². The molecule has 27 heavy (non-hydrogen) atoms. The van der Waals surface area contributed by atoms with E-state index in [-0.39, 0.29) is 5.91 Å². The molecular weight excluding hydrogens is 362 g/mol. The normalized spacial score (nSPS) is 10.6. The molecule has 0 radical (unpaired) electrons. The fourth-order valence-corrected chi connectivity index (χ4v) is 3.70. The highest BCUT2D eigenvalue weighted by molar-refractivity contribution is 7.16. The van der Waals surface area contributed by atoms with Gasteiger partial charge in [-0.05, 0) is 63.8 Å². The fourth-order valence-electron chi connectivity index (χ4n) is 2.63. The van der Waals surface area contributed by atoms with Crippen molar-refractivity contribution in [3.63, 3.8) is 0 Å². The summed E-state index contributed by atoms with van der Waals surface area (Å²) in [5.41, 5.74) is 3.53. The standard InChI is InChI=1S/C21H27NO4S/c1-6-25-21(24)19-15(4)16(5)27-20(19)22-18(23)8-7-11-26-17-12-13(2)9-10-14(17)3/h9-10,12H,6-8,11H2,1-5H3,(H,22,23). The summed E-state index contributed by atoms with van der Waals surface area (Å²) in [6.45, 7) is 10.3. The zero-order chi connectivity index (χ0) is 20.0. The van der Waals surface area contributed by atoms with E-state index < -0.39 is 5.97 Å². The van der Waals surface area contributed by atoms with Crippen LogP contribution in [0.2, 0.25) is 0 Å². The molecule has 0 atom stereocenters. The average molecular weight is 390 g/mol. The molecule has 0 aliphatic heterocycles. The van der Waals surface area contributed by atoms with E-state index in [2.05, 4.69) is 5.32 Å². The van der Waals surface area contributed by atoms with Gasteiger partial charge in [0.1, 0.15) is 10.8 Å². The van der Waals surface area contributed by atoms with Crippen LogP contribution in [0.15, 0.2) is 18.2 Å². The Balaban J connectivity index is 1.90. The van der Waals surface area contributed by atoms with Gasteiger partial charge in [0.15, 0.2) is 0 Å². The van der Waals surface area contributed by atoms with Gasteiger partial charge in [-0.2, -0.15) is 0 Å². The Labute approximate surface area is 164 Å². The summed E-state index contributed by atoms with van der Waals surface area (Å²) in [7, 11) is 0. The zero-order valence-electron chi connectivity index (χ0n) is 16.6. The highest BCUT2D eigenvalue weighted by Gasteiger charge is 2.21. The predicted octanol–water partition coefficient (Wildman–Crippen LogP) is 4.96. The van der Waals surface area contributed by atoms with Crippen LogP contribution in [0, 0.1) is 27.7 Å². The quantitative estimate of drug-likeness (QED) is 0.512. The number of nitrogens with one attached hydrogen (secondary N) is 1. The van der Waals surface area contributed by atoms with Crippen molar-refractivity contribution >= 4 is 28.2 Å². The number of rotatable bonds is 8. The Hall–Kier alpha value is -2.34. The second kappa shape index (κ2) is 9.55. The Morgan fingerprint density at radius 1 is 1.15 bits per heavy atom. The fraction of sp³-hybridized carbons (Fsp3) is 0.429. The van der Waals surface area contributed by atoms with E-state index >= 15 is 0 Å². The number of anilines is 1. The van der Waals surface area contributed by atoms with Crippen molar-refractivity contribution in [3.8, 4) is 5.75 Å². The number of ether oxygens (including phenoxy) is 2. The average Bonchev–Trinajstić information content (AvgIpc) is 2.88. The van der Waals surface area contributed by atoms with Crippen LogP contribution in [0.4, 0.5) is 5.00 Å². The molecule has 1 amide bonds. The van der Waals surface area contributed by atoms with E-state index in [9.17, 15) is 9.59 Å². The van der Waals surface area contributed by atoms with Gasteiger partial charge >= 0.3 is 5.97 Å². The van der Waals surface area contributed by atoms with Crippen LogP contribution in [0.1, 0.15) is 51.7 Å². The third-order valence-corrected chi connectivity index (χ3v) is 5.39. The molecule has 1 heterocycles. The Morgan fingerprint density at radius 3 is 2.59 bits per heavy atom. The molecule has 2 rings (SSSR count). The Morgan fingerprint density at radius 2 is 1.89 bits per heavy atom. The third-order valence-electron chi connectivity index (χ3n) is 4.27. The van der Waals surface area contributed by atoms with Gasteiger partial charge in [0, 0.05) is 11.3 Å². The van der Waals surface area contributed by atoms with E-state index in [1.807, 2.05) is 45.9 Å². The van der Waals surface area contributed by atoms with Crippen LogP contribution in [-0.4, -0.2) is 25.1 Å². The lowest BCUT2D eigenvalue weighted by Crippen LogP contribution is -2.15. The lowest BCUT2D eigenvalue weighted by molar-refractivity contribution is -0.116. The number of esters is 1. The zero-order valence-corrected chi connectivity index (χ0v) is 17.4. The van der Waals surface area contributed by atoms with Crippen molar-refractivity contribution in [3.05, 3.63) is 45.3 Å². The lowest BCUT2D eigenvalue weighted by atomic mass is 10.1. The minimum atomic E-state index is -0.395. The molecule has 146 valence electrons. The number of benzene rings is 1. The molecule has 1 aromatic carbocycles. The number of thiophene rings is 1. The topological polar surface area (TPSA) is 64.6 Å². The van der Waals surface area contributed by atoms with Crippen LogP contribution in [0.5, 0.6) is 5.75 Å². The maximum absolute atomic E-state index is 12.3. The van der Waals surface area contributed by atoms with Crippen molar-refractivity contribution in [2.24, 2.45) is 0 Å². The highest BCUT2D eigenvalue weighted by Crippen LogP contribution is 2.33. The molecule has 6 heteroatoms. The number of carbonyl (C=O) groups is 2. The first kappa shape index (κ1) is 21.0. The third kappa shape index (κ3) is 5.57. The predicted molar refractivity (Wildman–Crippen MR) is 109 cm³/mol. The summed E-state index contributed by atoms with van der Waals surface area (Å²) in [5.74, 6) is 0.323. The first-order chi connectivity index (χ1) is 12.8. The smallest absolute Gasteiger partial charge is 0.341 e. The van der Waals surface area contributed by atoms with Gasteiger partial charge in [0.25, 0.3) is 0 Å². The summed E-state index contributed by atoms with van der Waals surface area (Å²) in [4.78, 5) is 25.4. The summed E-state index contributed by atoms with van der Waals surface area (Å²) in [5, 5.41) is 3.41. The molecule has 0 spiro atoms. The van der Waals surface area contributed by atoms with Crippen LogP contribution in [0.25, 0.3) is 0 Å². The monoisotopic (exact) mass is 389 g/mol. The minimum Gasteiger partial charge on any atom is -0.493 e. The van der Waals surface area contributed by atoms with E-state index in [1.165, 1.54) is 11.3 Å². The molecule has 0 saturated heterocycles. The van der Waals surface area contributed by atoms with Gasteiger partial charge in [-0.15, -0.1) is 11.3 Å². The number of aryl methyl sites for hydroxylation is 3. The number of carbonyl (C=O) groups excluding carboxylic acids is 2. The molecule has 1 N–H and O–H groups in total. The second-order valence-electron chi connectivity index (χ2n) is 6.48. The summed E-state index contributed by atoms with van der Waals surface area (Å²) >= 11 is 1.40. The SMILES string of the molecule is CCOC(=O)c1c(NC(=O)CCCOc2cc(C)ccc2C)sc(C)c1C. The molecule has 0 bridgehead atoms. The molecule has 0 aliphatic rings. The van der Waals surface area contributed by atoms with Gasteiger partial charge in [-0.1, -0.05) is 12.1 Å². The van der Waals surface area contributed by atoms with E-state index in [0.717, 1.165) is 27.3 Å².